The summed E-state index contributed by atoms with van der Waals surface area (Å²) < 4.78 is 0. The quantitative estimate of drug-likeness (QED) is 0.930. The fourth-order valence-corrected chi connectivity index (χ4v) is 3.13. The van der Waals surface area contributed by atoms with Gasteiger partial charge in [0.05, 0.1) is 5.56 Å². The number of hydrogen-bond donors (Lipinski definition) is 1. The highest BCUT2D eigenvalue weighted by atomic mass is 16.2. The van der Waals surface area contributed by atoms with Crippen LogP contribution in [0.25, 0.3) is 0 Å². The van der Waals surface area contributed by atoms with E-state index in [-0.39, 0.29) is 11.9 Å². The predicted molar refractivity (Wildman–Crippen MR) is 102 cm³/mol. The van der Waals surface area contributed by atoms with Crippen LogP contribution in [0.4, 0.5) is 11.5 Å². The van der Waals surface area contributed by atoms with Crippen molar-refractivity contribution in [2.24, 2.45) is 0 Å². The van der Waals surface area contributed by atoms with Gasteiger partial charge in [-0.25, -0.2) is 4.98 Å². The first-order chi connectivity index (χ1) is 12.0. The van der Waals surface area contributed by atoms with Gasteiger partial charge in [-0.1, -0.05) is 12.1 Å². The number of aryl methyl sites for hydroxylation is 1. The molecule has 1 aliphatic rings. The molecule has 0 spiro atoms. The molecule has 1 fully saturated rings. The monoisotopic (exact) mass is 338 g/mol. The van der Waals surface area contributed by atoms with Crippen LogP contribution >= 0.6 is 0 Å². The Kier molecular flexibility index (Phi) is 5.22. The Balaban J connectivity index is 1.68. The third-order valence-electron chi connectivity index (χ3n) is 4.40. The van der Waals surface area contributed by atoms with Crippen LogP contribution in [0.15, 0.2) is 42.6 Å². The second-order valence-corrected chi connectivity index (χ2v) is 6.82. The molecular formula is C20H26N4O. The number of rotatable bonds is 4. The largest absolute Gasteiger partial charge is 0.368 e. The lowest BCUT2D eigenvalue weighted by Gasteiger charge is -2.36. The van der Waals surface area contributed by atoms with E-state index in [1.54, 1.807) is 6.20 Å². The molecule has 0 saturated carbocycles. The predicted octanol–water partition coefficient (Wildman–Crippen LogP) is 3.17. The summed E-state index contributed by atoms with van der Waals surface area (Å²) in [4.78, 5) is 21.5. The molecular weight excluding hydrogens is 312 g/mol. The number of anilines is 2. The highest BCUT2D eigenvalue weighted by Crippen LogP contribution is 2.20. The number of carbonyl (C=O) groups is 1. The van der Waals surface area contributed by atoms with Gasteiger partial charge in [0, 0.05) is 44.1 Å². The van der Waals surface area contributed by atoms with E-state index >= 15 is 0 Å². The maximum Gasteiger partial charge on any atom is 0.257 e. The molecule has 0 radical (unpaired) electrons. The van der Waals surface area contributed by atoms with Crippen molar-refractivity contribution in [3.8, 4) is 0 Å². The van der Waals surface area contributed by atoms with Crippen LogP contribution in [-0.2, 0) is 0 Å². The van der Waals surface area contributed by atoms with Gasteiger partial charge >= 0.3 is 0 Å². The topological polar surface area (TPSA) is 48.5 Å². The minimum absolute atomic E-state index is 0.0557. The number of benzene rings is 1. The standard InChI is InChI=1S/C20H26N4O/c1-15(2)22-19-18(8-5-9-21-19)20(25)24-12-10-23(11-13-24)17-7-4-6-16(3)14-17/h4-9,14-15H,10-13H2,1-3H3,(H,21,22). The van der Waals surface area contributed by atoms with Crippen molar-refractivity contribution in [1.82, 2.24) is 9.88 Å². The van der Waals surface area contributed by atoms with Crippen LogP contribution < -0.4 is 10.2 Å². The van der Waals surface area contributed by atoms with Gasteiger partial charge in [-0.2, -0.15) is 0 Å². The summed E-state index contributed by atoms with van der Waals surface area (Å²) in [5, 5.41) is 3.27. The third-order valence-corrected chi connectivity index (χ3v) is 4.40. The van der Waals surface area contributed by atoms with Gasteiger partial charge in [0.15, 0.2) is 0 Å². The molecule has 2 heterocycles. The Labute approximate surface area is 149 Å². The van der Waals surface area contributed by atoms with E-state index in [1.165, 1.54) is 11.3 Å². The average Bonchev–Trinajstić information content (AvgIpc) is 2.61. The molecule has 1 saturated heterocycles. The van der Waals surface area contributed by atoms with E-state index in [0.717, 1.165) is 26.2 Å². The molecule has 1 aromatic carbocycles. The van der Waals surface area contributed by atoms with Crippen LogP contribution in [0.1, 0.15) is 29.8 Å². The van der Waals surface area contributed by atoms with Crippen LogP contribution in [0, 0.1) is 6.92 Å². The zero-order chi connectivity index (χ0) is 17.8. The molecule has 1 aromatic heterocycles. The zero-order valence-corrected chi connectivity index (χ0v) is 15.2. The van der Waals surface area contributed by atoms with Gasteiger partial charge in [0.1, 0.15) is 5.82 Å². The number of carbonyl (C=O) groups excluding carboxylic acids is 1. The van der Waals surface area contributed by atoms with Crippen molar-refractivity contribution in [2.45, 2.75) is 26.8 Å². The number of aromatic nitrogens is 1. The Morgan fingerprint density at radius 3 is 2.56 bits per heavy atom. The summed E-state index contributed by atoms with van der Waals surface area (Å²) in [5.74, 6) is 0.726. The number of piperazine rings is 1. The van der Waals surface area contributed by atoms with Crippen molar-refractivity contribution in [2.75, 3.05) is 36.4 Å². The van der Waals surface area contributed by atoms with Gasteiger partial charge in [-0.15, -0.1) is 0 Å². The molecule has 0 bridgehead atoms. The van der Waals surface area contributed by atoms with Crippen LogP contribution in [0.5, 0.6) is 0 Å². The molecule has 0 aliphatic carbocycles. The molecule has 132 valence electrons. The molecule has 1 amide bonds. The molecule has 1 N–H and O–H groups in total. The first kappa shape index (κ1) is 17.3. The summed E-state index contributed by atoms with van der Waals surface area (Å²) in [7, 11) is 0. The SMILES string of the molecule is Cc1cccc(N2CCN(C(=O)c3cccnc3NC(C)C)CC2)c1. The maximum absolute atomic E-state index is 12.9. The maximum atomic E-state index is 12.9. The van der Waals surface area contributed by atoms with E-state index in [4.69, 9.17) is 0 Å². The molecule has 5 heteroatoms. The second-order valence-electron chi connectivity index (χ2n) is 6.82. The summed E-state index contributed by atoms with van der Waals surface area (Å²) in [6.07, 6.45) is 1.72. The normalized spacial score (nSPS) is 14.7. The van der Waals surface area contributed by atoms with Crippen LogP contribution in [0.3, 0.4) is 0 Å². The Morgan fingerprint density at radius 2 is 1.88 bits per heavy atom. The highest BCUT2D eigenvalue weighted by molar-refractivity contribution is 5.98. The van der Waals surface area contributed by atoms with Gasteiger partial charge in [0.2, 0.25) is 0 Å². The van der Waals surface area contributed by atoms with E-state index in [2.05, 4.69) is 46.4 Å². The molecule has 0 atom stereocenters. The van der Waals surface area contributed by atoms with E-state index in [1.807, 2.05) is 30.9 Å². The van der Waals surface area contributed by atoms with Crippen molar-refractivity contribution >= 4 is 17.4 Å². The third kappa shape index (κ3) is 4.10. The van der Waals surface area contributed by atoms with Crippen molar-refractivity contribution < 1.29 is 4.79 Å². The van der Waals surface area contributed by atoms with E-state index in [9.17, 15) is 4.79 Å². The second kappa shape index (κ2) is 7.55. The summed E-state index contributed by atoms with van der Waals surface area (Å²) >= 11 is 0. The van der Waals surface area contributed by atoms with Gasteiger partial charge in [-0.05, 0) is 50.6 Å². The Morgan fingerprint density at radius 1 is 1.12 bits per heavy atom. The number of pyridine rings is 1. The molecule has 3 rings (SSSR count). The number of nitrogens with one attached hydrogen (secondary N) is 1. The minimum Gasteiger partial charge on any atom is -0.368 e. The highest BCUT2D eigenvalue weighted by Gasteiger charge is 2.24. The van der Waals surface area contributed by atoms with E-state index < -0.39 is 0 Å². The van der Waals surface area contributed by atoms with E-state index in [0.29, 0.717) is 11.4 Å². The Hall–Kier alpha value is -2.56. The fourth-order valence-electron chi connectivity index (χ4n) is 3.13. The molecule has 0 unspecified atom stereocenters. The lowest BCUT2D eigenvalue weighted by Crippen LogP contribution is -2.49. The number of hydrogen-bond acceptors (Lipinski definition) is 4. The summed E-state index contributed by atoms with van der Waals surface area (Å²) in [6.45, 7) is 9.35. The molecule has 5 nitrogen and oxygen atoms in total. The number of amides is 1. The summed E-state index contributed by atoms with van der Waals surface area (Å²) in [5.41, 5.74) is 3.15. The smallest absolute Gasteiger partial charge is 0.257 e. The number of nitrogens with zero attached hydrogens (tertiary/aromatic N) is 3. The molecule has 2 aromatic rings. The van der Waals surface area contributed by atoms with Gasteiger partial charge < -0.3 is 15.1 Å². The van der Waals surface area contributed by atoms with Crippen molar-refractivity contribution in [3.05, 3.63) is 53.7 Å². The zero-order valence-electron chi connectivity index (χ0n) is 15.2. The van der Waals surface area contributed by atoms with Crippen LogP contribution in [0.2, 0.25) is 0 Å². The lowest BCUT2D eigenvalue weighted by molar-refractivity contribution is 0.0747. The first-order valence-electron chi connectivity index (χ1n) is 8.87. The fraction of sp³-hybridized carbons (Fsp3) is 0.400. The van der Waals surface area contributed by atoms with Gasteiger partial charge in [-0.3, -0.25) is 4.79 Å². The van der Waals surface area contributed by atoms with Crippen LogP contribution in [-0.4, -0.2) is 48.0 Å². The average molecular weight is 338 g/mol. The molecule has 25 heavy (non-hydrogen) atoms. The first-order valence-corrected chi connectivity index (χ1v) is 8.87. The lowest BCUT2D eigenvalue weighted by atomic mass is 10.1. The Bertz CT molecular complexity index is 736. The molecule has 1 aliphatic heterocycles. The minimum atomic E-state index is 0.0557. The van der Waals surface area contributed by atoms with Crippen molar-refractivity contribution in [3.63, 3.8) is 0 Å². The van der Waals surface area contributed by atoms with Crippen molar-refractivity contribution in [1.29, 1.82) is 0 Å². The van der Waals surface area contributed by atoms with Gasteiger partial charge in [0.25, 0.3) is 5.91 Å². The summed E-state index contributed by atoms with van der Waals surface area (Å²) in [6, 6.07) is 12.4.